The van der Waals surface area contributed by atoms with Gasteiger partial charge >= 0.3 is 12.1 Å². The predicted molar refractivity (Wildman–Crippen MR) is 207 cm³/mol. The number of aromatic nitrogens is 4. The van der Waals surface area contributed by atoms with E-state index in [2.05, 4.69) is 21.5 Å². The Hall–Kier alpha value is -4.01. The van der Waals surface area contributed by atoms with Gasteiger partial charge in [0.05, 0.1) is 30.8 Å². The van der Waals surface area contributed by atoms with Gasteiger partial charge in [-0.15, -0.1) is 0 Å². The summed E-state index contributed by atoms with van der Waals surface area (Å²) in [5, 5.41) is 11.1. The third kappa shape index (κ3) is 8.77. The molecule has 14 heteroatoms. The quantitative estimate of drug-likeness (QED) is 0.133. The van der Waals surface area contributed by atoms with E-state index in [1.54, 1.807) is 50.6 Å². The minimum Gasteiger partial charge on any atom is -0.457 e. The molecule has 12 atom stereocenters. The largest absolute Gasteiger partial charge is 0.457 e. The monoisotopic (exact) mass is 779 g/mol. The van der Waals surface area contributed by atoms with Crippen molar-refractivity contribution in [2.45, 2.75) is 143 Å². The molecule has 0 saturated carbocycles. The van der Waals surface area contributed by atoms with Crippen LogP contribution in [0.5, 0.6) is 0 Å². The maximum Gasteiger partial charge on any atom is 0.411 e. The van der Waals surface area contributed by atoms with Gasteiger partial charge in [-0.25, -0.2) is 9.78 Å². The van der Waals surface area contributed by atoms with Crippen LogP contribution < -0.4 is 0 Å². The Morgan fingerprint density at radius 1 is 0.982 bits per heavy atom. The molecule has 0 spiro atoms. The maximum absolute atomic E-state index is 14.7. The lowest BCUT2D eigenvalue weighted by atomic mass is 9.69. The van der Waals surface area contributed by atoms with Crippen molar-refractivity contribution in [2.75, 3.05) is 6.54 Å². The van der Waals surface area contributed by atoms with Crippen LogP contribution in [0.4, 0.5) is 4.79 Å². The lowest BCUT2D eigenvalue weighted by Gasteiger charge is -2.45. The zero-order chi connectivity index (χ0) is 41.1. The van der Waals surface area contributed by atoms with Gasteiger partial charge in [0, 0.05) is 49.4 Å². The second-order valence-electron chi connectivity index (χ2n) is 17.0. The lowest BCUT2D eigenvalue weighted by molar-refractivity contribution is -0.284. The smallest absolute Gasteiger partial charge is 0.411 e. The third-order valence-corrected chi connectivity index (χ3v) is 12.2. The molecule has 5 heterocycles. The van der Waals surface area contributed by atoms with Crippen molar-refractivity contribution in [2.24, 2.45) is 35.0 Å². The van der Waals surface area contributed by atoms with E-state index in [4.69, 9.17) is 18.9 Å². The van der Waals surface area contributed by atoms with E-state index in [9.17, 15) is 24.3 Å². The van der Waals surface area contributed by atoms with Crippen molar-refractivity contribution in [1.82, 2.24) is 24.4 Å². The molecular weight excluding hydrogens is 718 g/mol. The molecule has 0 aliphatic carbocycles. The van der Waals surface area contributed by atoms with Gasteiger partial charge in [0.1, 0.15) is 35.3 Å². The Bertz CT molecular complexity index is 1720. The number of esters is 1. The van der Waals surface area contributed by atoms with Crippen LogP contribution in [0.15, 0.2) is 43.8 Å². The molecule has 56 heavy (non-hydrogen) atoms. The van der Waals surface area contributed by atoms with Gasteiger partial charge in [-0.2, -0.15) is 0 Å². The van der Waals surface area contributed by atoms with Gasteiger partial charge in [-0.3, -0.25) is 29.3 Å². The van der Waals surface area contributed by atoms with Crippen LogP contribution in [0.3, 0.4) is 0 Å². The summed E-state index contributed by atoms with van der Waals surface area (Å²) >= 11 is 0. The molecule has 3 fully saturated rings. The number of hydrogen-bond donors (Lipinski definition) is 1. The molecule has 3 saturated heterocycles. The fourth-order valence-corrected chi connectivity index (χ4v) is 9.23. The number of Topliss-reactive ketones (excluding diaryl/α,β-unsaturated/α-hetero) is 2. The number of ether oxygens (including phenoxy) is 4. The number of nitrogens with zero attached hydrogens (tertiary/aromatic N) is 5. The highest BCUT2D eigenvalue weighted by atomic mass is 16.7. The number of amides is 1. The molecule has 308 valence electrons. The third-order valence-electron chi connectivity index (χ3n) is 12.2. The molecule has 0 unspecified atom stereocenters. The zero-order valence-corrected chi connectivity index (χ0v) is 34.4. The first kappa shape index (κ1) is 43.1. The van der Waals surface area contributed by atoms with E-state index in [0.29, 0.717) is 43.6 Å². The van der Waals surface area contributed by atoms with E-state index in [-0.39, 0.29) is 30.8 Å². The molecule has 2 aromatic heterocycles. The first-order chi connectivity index (χ1) is 26.4. The van der Waals surface area contributed by atoms with Crippen molar-refractivity contribution in [1.29, 1.82) is 0 Å². The number of imidazole rings is 1. The van der Waals surface area contributed by atoms with Crippen LogP contribution in [0.2, 0.25) is 0 Å². The molecule has 0 radical (unpaired) electrons. The predicted octanol–water partition coefficient (Wildman–Crippen LogP) is 5.82. The molecule has 0 bridgehead atoms. The molecule has 2 aromatic rings. The second kappa shape index (κ2) is 17.6. The minimum atomic E-state index is -1.56. The van der Waals surface area contributed by atoms with Gasteiger partial charge in [0.15, 0.2) is 17.7 Å². The minimum absolute atomic E-state index is 0.101. The van der Waals surface area contributed by atoms with E-state index in [1.807, 2.05) is 45.4 Å². The normalized spacial score (nSPS) is 35.7. The average Bonchev–Trinajstić information content (AvgIpc) is 3.76. The summed E-state index contributed by atoms with van der Waals surface area (Å²) in [5.74, 6) is -4.73. The van der Waals surface area contributed by atoms with Crippen molar-refractivity contribution in [3.63, 3.8) is 0 Å². The van der Waals surface area contributed by atoms with Gasteiger partial charge in [-0.05, 0) is 63.4 Å². The zero-order valence-electron chi connectivity index (χ0n) is 34.4. The molecule has 5 rings (SSSR count). The number of carbonyl (C=O) groups excluding carboxylic acids is 4. The molecule has 14 nitrogen and oxygen atoms in total. The number of aliphatic hydroxyl groups excluding tert-OH is 1. The number of aliphatic hydroxyl groups is 1. The molecule has 3 aliphatic rings. The van der Waals surface area contributed by atoms with Crippen LogP contribution in [0, 0.1) is 35.0 Å². The summed E-state index contributed by atoms with van der Waals surface area (Å²) in [6.45, 7) is 21.3. The number of rotatable bonds is 10. The highest BCUT2D eigenvalue weighted by Gasteiger charge is 2.61. The number of unbranched alkanes of at least 4 members (excludes halogenated alkanes) is 1. The van der Waals surface area contributed by atoms with Crippen molar-refractivity contribution in [3.05, 3.63) is 43.8 Å². The summed E-state index contributed by atoms with van der Waals surface area (Å²) in [6, 6.07) is -0.853. The Morgan fingerprint density at radius 3 is 2.36 bits per heavy atom. The lowest BCUT2D eigenvalue weighted by Crippen LogP contribution is -2.58. The van der Waals surface area contributed by atoms with E-state index < -0.39 is 83.2 Å². The fourth-order valence-electron chi connectivity index (χ4n) is 9.23. The van der Waals surface area contributed by atoms with Crippen LogP contribution in [-0.4, -0.2) is 102 Å². The SMILES string of the molecule is C=C[C@]12OC(=O)N(CCCCn3cnc(-c4cnccn4)c3)[C@@H]1[C@@H](C)C(=O)[C@H](C)CC(C)(C)[C@H](O[C@@H]1O[C@H](C)C[C@H](C)[C@H]1O)[C@@H](C)C(=O)[C@@H](C)C(=O)O[C@@H]2CC. The topological polar surface area (TPSA) is 172 Å². The highest BCUT2D eigenvalue weighted by Crippen LogP contribution is 2.45. The Kier molecular flexibility index (Phi) is 13.6. The van der Waals surface area contributed by atoms with Crippen molar-refractivity contribution in [3.8, 4) is 11.4 Å². The second-order valence-corrected chi connectivity index (χ2v) is 17.0. The van der Waals surface area contributed by atoms with Crippen LogP contribution >= 0.6 is 0 Å². The number of fused-ring (bicyclic) bond motifs is 1. The summed E-state index contributed by atoms with van der Waals surface area (Å²) in [4.78, 5) is 71.1. The van der Waals surface area contributed by atoms with Crippen LogP contribution in [0.25, 0.3) is 11.4 Å². The van der Waals surface area contributed by atoms with Gasteiger partial charge in [-0.1, -0.05) is 55.0 Å². The summed E-state index contributed by atoms with van der Waals surface area (Å²) in [6.07, 6.45) is 7.83. The first-order valence-corrected chi connectivity index (χ1v) is 20.1. The number of hydrogen-bond acceptors (Lipinski definition) is 12. The van der Waals surface area contributed by atoms with Crippen LogP contribution in [-0.2, 0) is 39.9 Å². The van der Waals surface area contributed by atoms with Gasteiger partial charge in [0.25, 0.3) is 0 Å². The Balaban J connectivity index is 1.43. The number of carbonyl (C=O) groups is 4. The summed E-state index contributed by atoms with van der Waals surface area (Å²) < 4.78 is 26.9. The van der Waals surface area contributed by atoms with E-state index >= 15 is 0 Å². The maximum atomic E-state index is 14.7. The van der Waals surface area contributed by atoms with Crippen LogP contribution in [0.1, 0.15) is 94.4 Å². The van der Waals surface area contributed by atoms with E-state index in [0.717, 1.165) is 0 Å². The average molecular weight is 780 g/mol. The Labute approximate surface area is 330 Å². The molecule has 1 amide bonds. The molecule has 3 aliphatic heterocycles. The molecule has 0 aromatic carbocycles. The van der Waals surface area contributed by atoms with Crippen molar-refractivity contribution >= 4 is 23.6 Å². The highest BCUT2D eigenvalue weighted by molar-refractivity contribution is 6.00. The van der Waals surface area contributed by atoms with Crippen molar-refractivity contribution < 1.29 is 43.2 Å². The Morgan fingerprint density at radius 2 is 1.70 bits per heavy atom. The molecular formula is C42H61N5O9. The summed E-state index contributed by atoms with van der Waals surface area (Å²) in [7, 11) is 0. The number of ketones is 2. The van der Waals surface area contributed by atoms with E-state index in [1.165, 1.54) is 13.0 Å². The standard InChI is InChI=1S/C42H61N5O9/c1-11-32-42(12-2)36(47(40(52)56-42)18-14-13-17-46-22-31(45-23-46)30-21-43-15-16-44-30)27(6)33(48)25(4)20-41(9,10)37(28(7)35(50)29(8)38(51)54-32)55-39-34(49)24(3)19-26(5)53-39/h12,15-16,21-29,32,34,36-37,39,49H,2,11,13-14,17-20H2,1,3-10H3/t24-,25+,26+,27-,28-,29+,32+,34+,36+,37+,39-,42+/m0/s1. The van der Waals surface area contributed by atoms with Gasteiger partial charge in [0.2, 0.25) is 0 Å². The fraction of sp³-hybridized carbons (Fsp3) is 0.690. The first-order valence-electron chi connectivity index (χ1n) is 20.1. The number of aryl methyl sites for hydroxylation is 1. The molecule has 1 N–H and O–H groups in total. The number of cyclic esters (lactones) is 1. The summed E-state index contributed by atoms with van der Waals surface area (Å²) in [5.41, 5.74) is -1.00. The van der Waals surface area contributed by atoms with Gasteiger partial charge < -0.3 is 28.6 Å².